The fourth-order valence-corrected chi connectivity index (χ4v) is 6.48. The van der Waals surface area contributed by atoms with Gasteiger partial charge in [-0.1, -0.05) is 122 Å². The van der Waals surface area contributed by atoms with E-state index < -0.39 is 0 Å². The predicted octanol–water partition coefficient (Wildman–Crippen LogP) is 8.65. The summed E-state index contributed by atoms with van der Waals surface area (Å²) in [5, 5.41) is 4.00. The van der Waals surface area contributed by atoms with Crippen LogP contribution in [0.15, 0.2) is 24.3 Å². The number of benzene rings is 1. The number of imidazole rings is 1. The lowest BCUT2D eigenvalue weighted by Gasteiger charge is -2.22. The van der Waals surface area contributed by atoms with E-state index in [0.717, 1.165) is 67.6 Å². The highest BCUT2D eigenvalue weighted by atomic mass is 16.7. The molecule has 1 aromatic carbocycles. The number of nitrogens with two attached hydrogens (primary N) is 1. The van der Waals surface area contributed by atoms with Crippen LogP contribution in [-0.4, -0.2) is 71.5 Å². The molecule has 0 radical (unpaired) electrons. The summed E-state index contributed by atoms with van der Waals surface area (Å²) >= 11 is 0. The number of pyridine rings is 1. The third kappa shape index (κ3) is 15.3. The maximum atomic E-state index is 12.6. The van der Waals surface area contributed by atoms with Crippen molar-refractivity contribution in [2.45, 2.75) is 143 Å². The number of carbonyl (C=O) groups excluding carboxylic acids is 1. The molecule has 0 unspecified atom stereocenters. The Kier molecular flexibility index (Phi) is 20.8. The zero-order valence-corrected chi connectivity index (χ0v) is 31.3. The standard InChI is InChI=1S/C40H68N6O3/c1-4-7-10-12-14-16-20-28-45(29-21-17-15-13-11-8-5-2)30-22-26-37(47)42-27-31-48-32-33-49-46-36(25-9-6-3)44-38-39(46)34-23-18-19-24-35(34)43-40(38)41/h18-19,23-24H,4-17,20-22,25-33H2,1-3H3,(H2,41,43)(H,42,47). The lowest BCUT2D eigenvalue weighted by molar-refractivity contribution is -0.121. The zero-order chi connectivity index (χ0) is 34.9. The van der Waals surface area contributed by atoms with Crippen molar-refractivity contribution >= 4 is 33.7 Å². The van der Waals surface area contributed by atoms with Crippen LogP contribution in [0.25, 0.3) is 21.9 Å². The first-order valence-electron chi connectivity index (χ1n) is 19.8. The van der Waals surface area contributed by atoms with Crippen LogP contribution in [0.2, 0.25) is 0 Å². The molecule has 0 spiro atoms. The van der Waals surface area contributed by atoms with Gasteiger partial charge in [-0.15, -0.1) is 0 Å². The van der Waals surface area contributed by atoms with E-state index in [0.29, 0.717) is 44.1 Å². The molecule has 2 aromatic heterocycles. The van der Waals surface area contributed by atoms with Crippen molar-refractivity contribution in [2.75, 3.05) is 51.7 Å². The number of anilines is 1. The maximum Gasteiger partial charge on any atom is 0.220 e. The number of nitrogen functional groups attached to an aromatic ring is 1. The molecule has 0 aliphatic rings. The number of aromatic nitrogens is 3. The van der Waals surface area contributed by atoms with Crippen molar-refractivity contribution in [2.24, 2.45) is 0 Å². The number of hydrogen-bond donors (Lipinski definition) is 2. The quantitative estimate of drug-likeness (QED) is 0.0679. The Morgan fingerprint density at radius 2 is 1.37 bits per heavy atom. The highest BCUT2D eigenvalue weighted by Gasteiger charge is 2.18. The molecule has 3 aromatic rings. The fraction of sp³-hybridized carbons (Fsp3) is 0.725. The smallest absolute Gasteiger partial charge is 0.220 e. The minimum absolute atomic E-state index is 0.107. The summed E-state index contributed by atoms with van der Waals surface area (Å²) < 4.78 is 7.64. The Labute approximate surface area is 297 Å². The lowest BCUT2D eigenvalue weighted by Crippen LogP contribution is -2.31. The number of nitrogens with zero attached hydrogens (tertiary/aromatic N) is 4. The topological polar surface area (TPSA) is 108 Å². The molecule has 9 nitrogen and oxygen atoms in total. The van der Waals surface area contributed by atoms with E-state index in [9.17, 15) is 4.79 Å². The molecule has 276 valence electrons. The highest BCUT2D eigenvalue weighted by molar-refractivity contribution is 6.06. The van der Waals surface area contributed by atoms with Gasteiger partial charge < -0.3 is 25.5 Å². The first-order valence-corrected chi connectivity index (χ1v) is 19.8. The number of amides is 1. The molecule has 0 saturated carbocycles. The van der Waals surface area contributed by atoms with Crippen LogP contribution in [0.1, 0.15) is 142 Å². The molecule has 0 atom stereocenters. The summed E-state index contributed by atoms with van der Waals surface area (Å²) in [6.45, 7) is 11.8. The second-order valence-corrected chi connectivity index (χ2v) is 13.6. The summed E-state index contributed by atoms with van der Waals surface area (Å²) in [6.07, 6.45) is 23.1. The highest BCUT2D eigenvalue weighted by Crippen LogP contribution is 2.28. The predicted molar refractivity (Wildman–Crippen MR) is 205 cm³/mol. The summed E-state index contributed by atoms with van der Waals surface area (Å²) in [4.78, 5) is 30.8. The van der Waals surface area contributed by atoms with Gasteiger partial charge in [-0.05, 0) is 51.4 Å². The van der Waals surface area contributed by atoms with E-state index in [1.807, 2.05) is 29.0 Å². The first-order chi connectivity index (χ1) is 24.1. The van der Waals surface area contributed by atoms with Gasteiger partial charge in [0.05, 0.1) is 18.7 Å². The van der Waals surface area contributed by atoms with Crippen LogP contribution in [0.3, 0.4) is 0 Å². The largest absolute Gasteiger partial charge is 0.410 e. The Bertz CT molecular complexity index is 1290. The van der Waals surface area contributed by atoms with Crippen molar-refractivity contribution < 1.29 is 14.4 Å². The van der Waals surface area contributed by atoms with Gasteiger partial charge in [0, 0.05) is 24.8 Å². The van der Waals surface area contributed by atoms with Crippen molar-refractivity contribution in [1.82, 2.24) is 24.9 Å². The van der Waals surface area contributed by atoms with Crippen molar-refractivity contribution in [3.05, 3.63) is 30.1 Å². The molecular weight excluding hydrogens is 612 g/mol. The Balaban J connectivity index is 1.34. The van der Waals surface area contributed by atoms with Crippen LogP contribution in [0.4, 0.5) is 5.82 Å². The minimum atomic E-state index is 0.107. The van der Waals surface area contributed by atoms with E-state index >= 15 is 0 Å². The molecule has 0 aliphatic carbocycles. The van der Waals surface area contributed by atoms with Gasteiger partial charge in [-0.2, -0.15) is 4.73 Å². The van der Waals surface area contributed by atoms with Gasteiger partial charge in [-0.25, -0.2) is 9.97 Å². The second-order valence-electron chi connectivity index (χ2n) is 13.6. The number of para-hydroxylation sites is 1. The maximum absolute atomic E-state index is 12.6. The van der Waals surface area contributed by atoms with E-state index in [1.165, 1.54) is 89.9 Å². The average molecular weight is 681 g/mol. The Morgan fingerprint density at radius 1 is 0.755 bits per heavy atom. The third-order valence-electron chi connectivity index (χ3n) is 9.35. The number of hydrogen-bond acceptors (Lipinski definition) is 7. The molecule has 0 fully saturated rings. The number of rotatable bonds is 30. The van der Waals surface area contributed by atoms with E-state index in [2.05, 4.69) is 36.0 Å². The molecule has 2 heterocycles. The molecule has 0 saturated heterocycles. The Hall–Kier alpha value is -2.91. The monoisotopic (exact) mass is 681 g/mol. The van der Waals surface area contributed by atoms with Gasteiger partial charge in [0.1, 0.15) is 23.5 Å². The van der Waals surface area contributed by atoms with Gasteiger partial charge in [-0.3, -0.25) is 4.79 Å². The summed E-state index contributed by atoms with van der Waals surface area (Å²) in [6, 6.07) is 7.93. The first kappa shape index (κ1) is 40.5. The van der Waals surface area contributed by atoms with Gasteiger partial charge >= 0.3 is 0 Å². The molecule has 1 amide bonds. The van der Waals surface area contributed by atoms with Gasteiger partial charge in [0.2, 0.25) is 5.91 Å². The van der Waals surface area contributed by atoms with Crippen LogP contribution in [0.5, 0.6) is 0 Å². The second kappa shape index (κ2) is 25.1. The number of carbonyl (C=O) groups is 1. The number of nitrogens with one attached hydrogen (secondary N) is 1. The molecule has 9 heteroatoms. The lowest BCUT2D eigenvalue weighted by atomic mass is 10.1. The van der Waals surface area contributed by atoms with Crippen molar-refractivity contribution in [1.29, 1.82) is 0 Å². The van der Waals surface area contributed by atoms with Crippen LogP contribution in [0, 0.1) is 0 Å². The summed E-state index contributed by atoms with van der Waals surface area (Å²) in [5.41, 5.74) is 8.64. The van der Waals surface area contributed by atoms with Gasteiger partial charge in [0.25, 0.3) is 0 Å². The van der Waals surface area contributed by atoms with Crippen molar-refractivity contribution in [3.8, 4) is 0 Å². The minimum Gasteiger partial charge on any atom is -0.410 e. The SMILES string of the molecule is CCCCCCCCCN(CCCCCCCCC)CCCC(=O)NCCOCCOn1c(CCCC)nc2c(N)nc3ccccc3c21. The van der Waals surface area contributed by atoms with Crippen LogP contribution in [-0.2, 0) is 16.0 Å². The number of aryl methyl sites for hydroxylation is 1. The molecule has 0 bridgehead atoms. The van der Waals surface area contributed by atoms with Crippen LogP contribution < -0.4 is 15.9 Å². The van der Waals surface area contributed by atoms with E-state index in [-0.39, 0.29) is 5.91 Å². The zero-order valence-electron chi connectivity index (χ0n) is 31.3. The summed E-state index contributed by atoms with van der Waals surface area (Å²) in [5.74, 6) is 1.36. The number of ether oxygens (including phenoxy) is 1. The van der Waals surface area contributed by atoms with Crippen molar-refractivity contribution in [3.63, 3.8) is 0 Å². The molecule has 3 N–H and O–H groups in total. The van der Waals surface area contributed by atoms with E-state index in [4.69, 9.17) is 20.3 Å². The van der Waals surface area contributed by atoms with E-state index in [1.54, 1.807) is 0 Å². The normalized spacial score (nSPS) is 11.7. The number of unbranched alkanes of at least 4 members (excludes halogenated alkanes) is 13. The molecule has 0 aliphatic heterocycles. The fourth-order valence-electron chi connectivity index (χ4n) is 6.48. The number of fused-ring (bicyclic) bond motifs is 3. The molecule has 49 heavy (non-hydrogen) atoms. The Morgan fingerprint density at radius 3 is 2.04 bits per heavy atom. The third-order valence-corrected chi connectivity index (χ3v) is 9.35. The molecule has 3 rings (SSSR count). The molecular formula is C40H68N6O3. The summed E-state index contributed by atoms with van der Waals surface area (Å²) in [7, 11) is 0. The average Bonchev–Trinajstić information content (AvgIpc) is 3.48. The van der Waals surface area contributed by atoms with Gasteiger partial charge in [0.15, 0.2) is 5.82 Å². The van der Waals surface area contributed by atoms with Crippen LogP contribution >= 0.6 is 0 Å².